The van der Waals surface area contributed by atoms with Gasteiger partial charge in [-0.3, -0.25) is 4.79 Å². The summed E-state index contributed by atoms with van der Waals surface area (Å²) in [7, 11) is 0. The van der Waals surface area contributed by atoms with Crippen molar-refractivity contribution in [2.24, 2.45) is 5.92 Å². The van der Waals surface area contributed by atoms with E-state index in [4.69, 9.17) is 0 Å². The summed E-state index contributed by atoms with van der Waals surface area (Å²) in [5.41, 5.74) is 0.425. The molecule has 96 valence electrons. The van der Waals surface area contributed by atoms with Crippen molar-refractivity contribution < 1.29 is 4.79 Å². The van der Waals surface area contributed by atoms with Crippen LogP contribution in [0.4, 0.5) is 0 Å². The van der Waals surface area contributed by atoms with E-state index in [9.17, 15) is 4.79 Å². The molecule has 2 aromatic rings. The maximum absolute atomic E-state index is 12.1. The second kappa shape index (κ2) is 5.86. The molecule has 0 spiro atoms. The first kappa shape index (κ1) is 12.9. The van der Waals surface area contributed by atoms with Crippen LogP contribution in [0.2, 0.25) is 0 Å². The highest BCUT2D eigenvalue weighted by molar-refractivity contribution is 7.12. The quantitative estimate of drug-likeness (QED) is 0.753. The van der Waals surface area contributed by atoms with Crippen molar-refractivity contribution in [2.45, 2.75) is 33.1 Å². The zero-order valence-electron chi connectivity index (χ0n) is 10.5. The summed E-state index contributed by atoms with van der Waals surface area (Å²) in [5, 5.41) is 10.5. The Labute approximate surface area is 110 Å². The minimum atomic E-state index is 0.00592. The van der Waals surface area contributed by atoms with Crippen LogP contribution in [0, 0.1) is 5.92 Å². The summed E-state index contributed by atoms with van der Waals surface area (Å²) >= 11 is 1.46. The number of rotatable bonds is 6. The first-order valence-corrected chi connectivity index (χ1v) is 6.96. The number of Topliss-reactive ketones (excluding diaryl/α,β-unsaturated/α-hetero) is 1. The van der Waals surface area contributed by atoms with E-state index in [2.05, 4.69) is 22.2 Å². The Balaban J connectivity index is 2.08. The lowest BCUT2D eigenvalue weighted by Crippen LogP contribution is -2.11. The fourth-order valence-electron chi connectivity index (χ4n) is 1.69. The van der Waals surface area contributed by atoms with Crippen molar-refractivity contribution in [1.29, 1.82) is 0 Å². The zero-order valence-corrected chi connectivity index (χ0v) is 11.4. The van der Waals surface area contributed by atoms with Crippen LogP contribution in [0.15, 0.2) is 17.8 Å². The summed E-state index contributed by atoms with van der Waals surface area (Å²) < 4.78 is 1.55. The molecule has 18 heavy (non-hydrogen) atoms. The minimum Gasteiger partial charge on any atom is -0.292 e. The molecular formula is C12H16N4OS. The number of hydrogen-bond donors (Lipinski definition) is 0. The molecular weight excluding hydrogens is 248 g/mol. The van der Waals surface area contributed by atoms with Crippen LogP contribution < -0.4 is 0 Å². The molecule has 0 aliphatic carbocycles. The molecule has 0 aliphatic heterocycles. The molecule has 0 radical (unpaired) electrons. The van der Waals surface area contributed by atoms with Gasteiger partial charge in [0.25, 0.3) is 0 Å². The van der Waals surface area contributed by atoms with Gasteiger partial charge in [0.05, 0.1) is 6.20 Å². The fraction of sp³-hybridized carbons (Fsp3) is 0.500. The van der Waals surface area contributed by atoms with Crippen molar-refractivity contribution in [3.63, 3.8) is 0 Å². The Morgan fingerprint density at radius 2 is 2.39 bits per heavy atom. The summed E-state index contributed by atoms with van der Waals surface area (Å²) in [4.78, 5) is 16.2. The van der Waals surface area contributed by atoms with E-state index < -0.39 is 0 Å². The summed E-state index contributed by atoms with van der Waals surface area (Å²) in [5.74, 6) is 0.0673. The molecule has 0 amide bonds. The normalized spacial score (nSPS) is 12.6. The van der Waals surface area contributed by atoms with Gasteiger partial charge in [-0.05, 0) is 6.42 Å². The van der Waals surface area contributed by atoms with Crippen molar-refractivity contribution in [1.82, 2.24) is 20.0 Å². The van der Waals surface area contributed by atoms with E-state index in [1.807, 2.05) is 12.3 Å². The Morgan fingerprint density at radius 3 is 3.06 bits per heavy atom. The molecule has 0 aromatic carbocycles. The average molecular weight is 264 g/mol. The SMILES string of the molecule is CCCCC(C)C(=O)c1cn(-c2nccs2)nn1. The third-order valence-electron chi connectivity index (χ3n) is 2.80. The van der Waals surface area contributed by atoms with Crippen LogP contribution in [-0.4, -0.2) is 25.8 Å². The van der Waals surface area contributed by atoms with E-state index in [1.165, 1.54) is 11.3 Å². The van der Waals surface area contributed by atoms with Crippen LogP contribution in [-0.2, 0) is 0 Å². The number of aromatic nitrogens is 4. The van der Waals surface area contributed by atoms with Gasteiger partial charge >= 0.3 is 0 Å². The number of ketones is 1. The second-order valence-corrected chi connectivity index (χ2v) is 5.14. The monoisotopic (exact) mass is 264 g/mol. The number of carbonyl (C=O) groups is 1. The Hall–Kier alpha value is -1.56. The highest BCUT2D eigenvalue weighted by atomic mass is 32.1. The molecule has 2 heterocycles. The molecule has 0 bridgehead atoms. The lowest BCUT2D eigenvalue weighted by Gasteiger charge is -2.06. The molecule has 0 fully saturated rings. The third kappa shape index (κ3) is 2.81. The van der Waals surface area contributed by atoms with Crippen molar-refractivity contribution in [2.75, 3.05) is 0 Å². The molecule has 1 atom stereocenters. The van der Waals surface area contributed by atoms with Crippen molar-refractivity contribution in [3.05, 3.63) is 23.5 Å². The van der Waals surface area contributed by atoms with Crippen LogP contribution >= 0.6 is 11.3 Å². The minimum absolute atomic E-state index is 0.00592. The predicted octanol–water partition coefficient (Wildman–Crippen LogP) is 2.73. The Morgan fingerprint density at radius 1 is 1.56 bits per heavy atom. The number of carbonyl (C=O) groups excluding carboxylic acids is 1. The van der Waals surface area contributed by atoms with E-state index in [0.717, 1.165) is 24.4 Å². The third-order valence-corrected chi connectivity index (χ3v) is 3.56. The maximum Gasteiger partial charge on any atom is 0.211 e. The van der Waals surface area contributed by atoms with Crippen LogP contribution in [0.25, 0.3) is 5.13 Å². The topological polar surface area (TPSA) is 60.7 Å². The van der Waals surface area contributed by atoms with Crippen molar-refractivity contribution in [3.8, 4) is 5.13 Å². The number of nitrogens with zero attached hydrogens (tertiary/aromatic N) is 4. The van der Waals surface area contributed by atoms with Gasteiger partial charge in [-0.25, -0.2) is 4.98 Å². The highest BCUT2D eigenvalue weighted by Crippen LogP contribution is 2.15. The zero-order chi connectivity index (χ0) is 13.0. The predicted molar refractivity (Wildman–Crippen MR) is 70.1 cm³/mol. The Bertz CT molecular complexity index is 506. The van der Waals surface area contributed by atoms with Gasteiger partial charge in [0.15, 0.2) is 5.78 Å². The van der Waals surface area contributed by atoms with Crippen LogP contribution in [0.1, 0.15) is 43.6 Å². The molecule has 5 nitrogen and oxygen atoms in total. The van der Waals surface area contributed by atoms with Crippen LogP contribution in [0.5, 0.6) is 0 Å². The largest absolute Gasteiger partial charge is 0.292 e. The molecule has 6 heteroatoms. The molecule has 0 N–H and O–H groups in total. The molecule has 1 unspecified atom stereocenters. The van der Waals surface area contributed by atoms with Gasteiger partial charge in [-0.15, -0.1) is 16.4 Å². The summed E-state index contributed by atoms with van der Waals surface area (Å²) in [6, 6.07) is 0. The maximum atomic E-state index is 12.1. The standard InChI is InChI=1S/C12H16N4OS/c1-3-4-5-9(2)11(17)10-8-16(15-14-10)12-13-6-7-18-12/h6-9H,3-5H2,1-2H3. The lowest BCUT2D eigenvalue weighted by atomic mass is 9.98. The second-order valence-electron chi connectivity index (χ2n) is 4.27. The average Bonchev–Trinajstić information content (AvgIpc) is 3.04. The van der Waals surface area contributed by atoms with Gasteiger partial charge in [-0.2, -0.15) is 4.68 Å². The number of hydrogen-bond acceptors (Lipinski definition) is 5. The van der Waals surface area contributed by atoms with Crippen molar-refractivity contribution >= 4 is 17.1 Å². The fourth-order valence-corrected chi connectivity index (χ4v) is 2.26. The number of thiazole rings is 1. The Kier molecular flexibility index (Phi) is 4.19. The van der Waals surface area contributed by atoms with E-state index in [1.54, 1.807) is 17.1 Å². The first-order valence-electron chi connectivity index (χ1n) is 6.08. The summed E-state index contributed by atoms with van der Waals surface area (Å²) in [6.07, 6.45) is 6.42. The van der Waals surface area contributed by atoms with Gasteiger partial charge in [-0.1, -0.05) is 31.9 Å². The smallest absolute Gasteiger partial charge is 0.211 e. The lowest BCUT2D eigenvalue weighted by molar-refractivity contribution is 0.0917. The molecule has 0 saturated heterocycles. The van der Waals surface area contributed by atoms with Gasteiger partial charge in [0.1, 0.15) is 5.69 Å². The van der Waals surface area contributed by atoms with Crippen LogP contribution in [0.3, 0.4) is 0 Å². The van der Waals surface area contributed by atoms with Gasteiger partial charge in [0, 0.05) is 17.5 Å². The molecule has 2 rings (SSSR count). The van der Waals surface area contributed by atoms with E-state index in [-0.39, 0.29) is 11.7 Å². The van der Waals surface area contributed by atoms with E-state index >= 15 is 0 Å². The summed E-state index contributed by atoms with van der Waals surface area (Å²) in [6.45, 7) is 4.07. The first-order chi connectivity index (χ1) is 8.72. The van der Waals surface area contributed by atoms with Gasteiger partial charge in [0.2, 0.25) is 5.13 Å². The molecule has 2 aromatic heterocycles. The van der Waals surface area contributed by atoms with Gasteiger partial charge < -0.3 is 0 Å². The number of unbranched alkanes of at least 4 members (excludes halogenated alkanes) is 1. The molecule has 0 aliphatic rings. The molecule has 0 saturated carbocycles. The highest BCUT2D eigenvalue weighted by Gasteiger charge is 2.18. The van der Waals surface area contributed by atoms with E-state index in [0.29, 0.717) is 5.69 Å².